The van der Waals surface area contributed by atoms with Gasteiger partial charge in [-0.1, -0.05) is 6.07 Å². The largest absolute Gasteiger partial charge is 0.357 e. The number of pyridine rings is 2. The molecule has 0 spiro atoms. The molecule has 1 aliphatic rings. The molecule has 3 aromatic rings. The number of guanidine groups is 1. The van der Waals surface area contributed by atoms with E-state index in [1.54, 1.807) is 0 Å². The van der Waals surface area contributed by atoms with Crippen LogP contribution in [0.3, 0.4) is 0 Å². The van der Waals surface area contributed by atoms with E-state index < -0.39 is 0 Å². The summed E-state index contributed by atoms with van der Waals surface area (Å²) in [5.74, 6) is 2.67. The van der Waals surface area contributed by atoms with E-state index in [0.717, 1.165) is 48.4 Å². The molecule has 0 bridgehead atoms. The van der Waals surface area contributed by atoms with Crippen molar-refractivity contribution in [1.29, 1.82) is 0 Å². The fourth-order valence-corrected chi connectivity index (χ4v) is 3.54. The number of nitrogens with one attached hydrogen (secondary N) is 2. The Balaban J connectivity index is 1.41. The van der Waals surface area contributed by atoms with E-state index in [0.29, 0.717) is 13.1 Å². The number of nitrogens with zero attached hydrogens (tertiary/aromatic N) is 6. The highest BCUT2D eigenvalue weighted by atomic mass is 15.3. The molecule has 0 atom stereocenters. The molecule has 3 aromatic heterocycles. The van der Waals surface area contributed by atoms with Crippen molar-refractivity contribution in [3.05, 3.63) is 54.1 Å². The quantitative estimate of drug-likeness (QED) is 0.495. The number of hydrogen-bond acceptors (Lipinski definition) is 5. The van der Waals surface area contributed by atoms with Gasteiger partial charge in [0.15, 0.2) is 17.4 Å². The first kappa shape index (κ1) is 19.2. The molecule has 1 fully saturated rings. The van der Waals surface area contributed by atoms with E-state index in [-0.39, 0.29) is 0 Å². The van der Waals surface area contributed by atoms with Gasteiger partial charge in [-0.2, -0.15) is 0 Å². The third kappa shape index (κ3) is 4.82. The van der Waals surface area contributed by atoms with Crippen LogP contribution >= 0.6 is 0 Å². The molecule has 29 heavy (non-hydrogen) atoms. The van der Waals surface area contributed by atoms with Gasteiger partial charge in [0.2, 0.25) is 0 Å². The number of piperidine rings is 1. The molecule has 0 aliphatic carbocycles. The van der Waals surface area contributed by atoms with Crippen molar-refractivity contribution in [3.63, 3.8) is 0 Å². The van der Waals surface area contributed by atoms with Gasteiger partial charge in [0, 0.05) is 32.0 Å². The zero-order valence-corrected chi connectivity index (χ0v) is 16.9. The maximum absolute atomic E-state index is 4.74. The third-order valence-electron chi connectivity index (χ3n) is 5.05. The van der Waals surface area contributed by atoms with Gasteiger partial charge in [-0.15, -0.1) is 10.2 Å². The van der Waals surface area contributed by atoms with Crippen molar-refractivity contribution >= 4 is 17.4 Å². The van der Waals surface area contributed by atoms with Crippen LogP contribution in [0.1, 0.15) is 37.6 Å². The van der Waals surface area contributed by atoms with E-state index in [4.69, 9.17) is 4.99 Å². The lowest BCUT2D eigenvalue weighted by molar-refractivity contribution is 0.573. The summed E-state index contributed by atoms with van der Waals surface area (Å²) < 4.78 is 1.98. The van der Waals surface area contributed by atoms with Crippen LogP contribution in [0.25, 0.3) is 5.65 Å². The maximum Gasteiger partial charge on any atom is 0.191 e. The molecule has 8 heteroatoms. The van der Waals surface area contributed by atoms with Gasteiger partial charge in [0.05, 0.1) is 13.1 Å². The Morgan fingerprint density at radius 2 is 2.00 bits per heavy atom. The number of aromatic nitrogens is 4. The zero-order chi connectivity index (χ0) is 19.9. The van der Waals surface area contributed by atoms with Crippen LogP contribution < -0.4 is 15.5 Å². The number of fused-ring (bicyclic) bond motifs is 1. The van der Waals surface area contributed by atoms with Gasteiger partial charge >= 0.3 is 0 Å². The summed E-state index contributed by atoms with van der Waals surface area (Å²) in [4.78, 5) is 11.7. The molecule has 0 aromatic carbocycles. The molecule has 1 saturated heterocycles. The van der Waals surface area contributed by atoms with Crippen molar-refractivity contribution in [2.75, 3.05) is 24.5 Å². The van der Waals surface area contributed by atoms with Gasteiger partial charge in [0.1, 0.15) is 5.82 Å². The molecule has 2 N–H and O–H groups in total. The summed E-state index contributed by atoms with van der Waals surface area (Å²) in [6, 6.07) is 10.1. The molecule has 0 amide bonds. The second-order valence-corrected chi connectivity index (χ2v) is 7.16. The number of anilines is 1. The predicted octanol–water partition coefficient (Wildman–Crippen LogP) is 2.37. The van der Waals surface area contributed by atoms with Crippen molar-refractivity contribution < 1.29 is 0 Å². The Kier molecular flexibility index (Phi) is 6.19. The van der Waals surface area contributed by atoms with Crippen molar-refractivity contribution in [3.8, 4) is 0 Å². The van der Waals surface area contributed by atoms with Crippen LogP contribution in [0.4, 0.5) is 5.82 Å². The fraction of sp³-hybridized carbons (Fsp3) is 0.429. The maximum atomic E-state index is 4.74. The molecule has 0 saturated carbocycles. The predicted molar refractivity (Wildman–Crippen MR) is 115 cm³/mol. The van der Waals surface area contributed by atoms with Gasteiger partial charge in [-0.3, -0.25) is 4.40 Å². The first-order chi connectivity index (χ1) is 14.3. The van der Waals surface area contributed by atoms with E-state index in [1.165, 1.54) is 19.3 Å². The van der Waals surface area contributed by atoms with Gasteiger partial charge in [-0.05, 0) is 56.0 Å². The molecular formula is C21H28N8. The first-order valence-corrected chi connectivity index (χ1v) is 10.3. The highest BCUT2D eigenvalue weighted by molar-refractivity contribution is 5.79. The normalized spacial score (nSPS) is 14.9. The lowest BCUT2D eigenvalue weighted by Crippen LogP contribution is -2.37. The Morgan fingerprint density at radius 3 is 2.86 bits per heavy atom. The lowest BCUT2D eigenvalue weighted by atomic mass is 10.1. The van der Waals surface area contributed by atoms with Gasteiger partial charge in [-0.25, -0.2) is 9.98 Å². The highest BCUT2D eigenvalue weighted by Gasteiger charge is 2.12. The van der Waals surface area contributed by atoms with Gasteiger partial charge < -0.3 is 15.5 Å². The fourth-order valence-electron chi connectivity index (χ4n) is 3.54. The van der Waals surface area contributed by atoms with Crippen LogP contribution in [0.2, 0.25) is 0 Å². The Hall–Kier alpha value is -3.16. The van der Waals surface area contributed by atoms with E-state index in [2.05, 4.69) is 43.7 Å². The summed E-state index contributed by atoms with van der Waals surface area (Å²) >= 11 is 0. The van der Waals surface area contributed by atoms with E-state index in [9.17, 15) is 0 Å². The van der Waals surface area contributed by atoms with Crippen molar-refractivity contribution in [2.24, 2.45) is 4.99 Å². The van der Waals surface area contributed by atoms with Gasteiger partial charge in [0.25, 0.3) is 0 Å². The average Bonchev–Trinajstić information content (AvgIpc) is 3.20. The highest BCUT2D eigenvalue weighted by Crippen LogP contribution is 2.18. The second-order valence-electron chi connectivity index (χ2n) is 7.16. The average molecular weight is 393 g/mol. The summed E-state index contributed by atoms with van der Waals surface area (Å²) in [6.07, 6.45) is 7.66. The topological polar surface area (TPSA) is 82.7 Å². The molecule has 0 radical (unpaired) electrons. The molecule has 0 unspecified atom stereocenters. The van der Waals surface area contributed by atoms with Crippen molar-refractivity contribution in [1.82, 2.24) is 30.2 Å². The smallest absolute Gasteiger partial charge is 0.191 e. The molecule has 4 heterocycles. The lowest BCUT2D eigenvalue weighted by Gasteiger charge is -2.27. The standard InChI is InChI=1S/C21H28N8/c1-2-22-21(25-16-20-27-26-18-8-4-7-13-29(18)20)24-15-17-9-10-23-19(14-17)28-11-5-3-6-12-28/h4,7-10,13-14H,2-3,5-6,11-12,15-16H2,1H3,(H2,22,24,25). The monoisotopic (exact) mass is 392 g/mol. The summed E-state index contributed by atoms with van der Waals surface area (Å²) in [7, 11) is 0. The van der Waals surface area contributed by atoms with Crippen molar-refractivity contribution in [2.45, 2.75) is 39.3 Å². The van der Waals surface area contributed by atoms with Crippen LogP contribution in [0, 0.1) is 0 Å². The molecule has 8 nitrogen and oxygen atoms in total. The molecular weight excluding hydrogens is 364 g/mol. The third-order valence-corrected chi connectivity index (χ3v) is 5.05. The van der Waals surface area contributed by atoms with Crippen LogP contribution in [-0.2, 0) is 13.1 Å². The zero-order valence-electron chi connectivity index (χ0n) is 16.9. The van der Waals surface area contributed by atoms with E-state index >= 15 is 0 Å². The summed E-state index contributed by atoms with van der Waals surface area (Å²) in [6.45, 7) is 6.18. The molecule has 152 valence electrons. The Labute approximate surface area is 171 Å². The minimum absolute atomic E-state index is 0.548. The first-order valence-electron chi connectivity index (χ1n) is 10.3. The summed E-state index contributed by atoms with van der Waals surface area (Å²) in [5.41, 5.74) is 2.00. The number of rotatable bonds is 6. The number of aliphatic imine (C=N–C) groups is 1. The SMILES string of the molecule is CCNC(=NCc1ccnc(N2CCCCC2)c1)NCc1nnc2ccccn12. The molecule has 4 rings (SSSR count). The van der Waals surface area contributed by atoms with Crippen LogP contribution in [-0.4, -0.2) is 45.2 Å². The van der Waals surface area contributed by atoms with Crippen LogP contribution in [0.5, 0.6) is 0 Å². The minimum atomic E-state index is 0.548. The Bertz CT molecular complexity index is 958. The van der Waals surface area contributed by atoms with E-state index in [1.807, 2.05) is 41.1 Å². The summed E-state index contributed by atoms with van der Waals surface area (Å²) in [5, 5.41) is 15.1. The second kappa shape index (κ2) is 9.36. The minimum Gasteiger partial charge on any atom is -0.357 e. The molecule has 1 aliphatic heterocycles. The Morgan fingerprint density at radius 1 is 1.10 bits per heavy atom. The van der Waals surface area contributed by atoms with Crippen LogP contribution in [0.15, 0.2) is 47.7 Å². The number of hydrogen-bond donors (Lipinski definition) is 2.